The number of carbonyl (C=O) groups is 2. The van der Waals surface area contributed by atoms with Crippen LogP contribution in [0.15, 0.2) is 60.7 Å². The molecule has 3 aromatic carbocycles. The van der Waals surface area contributed by atoms with Crippen molar-refractivity contribution in [1.82, 2.24) is 4.90 Å². The maximum atomic E-state index is 13.6. The second kappa shape index (κ2) is 7.75. The van der Waals surface area contributed by atoms with E-state index in [4.69, 9.17) is 0 Å². The Kier molecular flexibility index (Phi) is 5.12. The van der Waals surface area contributed by atoms with Crippen molar-refractivity contribution in [3.8, 4) is 0 Å². The molecule has 0 aromatic heterocycles. The zero-order valence-corrected chi connectivity index (χ0v) is 17.2. The lowest BCUT2D eigenvalue weighted by atomic mass is 9.93. The molecule has 152 valence electrons. The van der Waals surface area contributed by atoms with Gasteiger partial charge in [-0.15, -0.1) is 0 Å². The molecule has 5 heteroatoms. The molecule has 0 saturated heterocycles. The van der Waals surface area contributed by atoms with Crippen LogP contribution in [0.5, 0.6) is 0 Å². The van der Waals surface area contributed by atoms with Gasteiger partial charge in [-0.25, -0.2) is 4.39 Å². The number of fused-ring (bicyclic) bond motifs is 1. The summed E-state index contributed by atoms with van der Waals surface area (Å²) in [4.78, 5) is 27.8. The van der Waals surface area contributed by atoms with Crippen LogP contribution in [0.1, 0.15) is 44.2 Å². The summed E-state index contributed by atoms with van der Waals surface area (Å²) in [5.74, 6) is -0.850. The maximum Gasteiger partial charge on any atom is 0.255 e. The second-order valence-corrected chi connectivity index (χ2v) is 7.83. The summed E-state index contributed by atoms with van der Waals surface area (Å²) in [6.07, 6.45) is 0. The number of carbonyl (C=O) groups excluding carboxylic acids is 2. The fourth-order valence-corrected chi connectivity index (χ4v) is 3.86. The van der Waals surface area contributed by atoms with E-state index < -0.39 is 6.04 Å². The second-order valence-electron chi connectivity index (χ2n) is 7.83. The van der Waals surface area contributed by atoms with Gasteiger partial charge in [-0.1, -0.05) is 35.9 Å². The van der Waals surface area contributed by atoms with Gasteiger partial charge in [0.2, 0.25) is 5.91 Å². The molecule has 0 spiro atoms. The summed E-state index contributed by atoms with van der Waals surface area (Å²) < 4.78 is 13.6. The van der Waals surface area contributed by atoms with Crippen LogP contribution >= 0.6 is 0 Å². The Hall–Kier alpha value is -3.47. The summed E-state index contributed by atoms with van der Waals surface area (Å²) in [6.45, 7) is 5.81. The van der Waals surface area contributed by atoms with Crippen molar-refractivity contribution in [3.63, 3.8) is 0 Å². The predicted molar refractivity (Wildman–Crippen MR) is 115 cm³/mol. The molecule has 30 heavy (non-hydrogen) atoms. The van der Waals surface area contributed by atoms with Crippen LogP contribution in [-0.4, -0.2) is 23.3 Å². The normalized spacial score (nSPS) is 15.9. The number of hydrogen-bond donors (Lipinski definition) is 1. The van der Waals surface area contributed by atoms with Gasteiger partial charge in [-0.05, 0) is 67.8 Å². The molecule has 1 heterocycles. The Labute approximate surface area is 175 Å². The fraction of sp³-hybridized carbons (Fsp3) is 0.200. The van der Waals surface area contributed by atoms with Gasteiger partial charge in [0.15, 0.2) is 0 Å². The highest BCUT2D eigenvalue weighted by Gasteiger charge is 2.34. The highest BCUT2D eigenvalue weighted by atomic mass is 19.1. The van der Waals surface area contributed by atoms with Gasteiger partial charge < -0.3 is 10.2 Å². The van der Waals surface area contributed by atoms with E-state index in [1.807, 2.05) is 51.1 Å². The molecule has 0 radical (unpaired) electrons. The number of rotatable bonds is 2. The number of aryl methyl sites for hydroxylation is 3. The van der Waals surface area contributed by atoms with E-state index in [0.717, 1.165) is 27.8 Å². The minimum Gasteiger partial charge on any atom is -0.324 e. The molecule has 0 unspecified atom stereocenters. The first kappa shape index (κ1) is 19.8. The monoisotopic (exact) mass is 402 g/mol. The van der Waals surface area contributed by atoms with Gasteiger partial charge in [0.25, 0.3) is 5.91 Å². The highest BCUT2D eigenvalue weighted by molar-refractivity contribution is 6.01. The van der Waals surface area contributed by atoms with Crippen LogP contribution in [0.25, 0.3) is 0 Å². The topological polar surface area (TPSA) is 49.4 Å². The Bertz CT molecular complexity index is 1140. The number of anilines is 1. The first-order valence-electron chi connectivity index (χ1n) is 9.87. The molecule has 0 fully saturated rings. The third kappa shape index (κ3) is 3.71. The van der Waals surface area contributed by atoms with Gasteiger partial charge >= 0.3 is 0 Å². The van der Waals surface area contributed by atoms with Gasteiger partial charge in [-0.2, -0.15) is 0 Å². The Morgan fingerprint density at radius 3 is 2.40 bits per heavy atom. The number of hydrogen-bond acceptors (Lipinski definition) is 2. The van der Waals surface area contributed by atoms with Crippen LogP contribution < -0.4 is 5.32 Å². The number of halogens is 1. The molecule has 0 bridgehead atoms. The molecule has 0 aliphatic carbocycles. The average molecular weight is 402 g/mol. The molecular formula is C25H23FN2O2. The first-order valence-corrected chi connectivity index (χ1v) is 9.87. The summed E-state index contributed by atoms with van der Waals surface area (Å²) in [7, 11) is 0. The van der Waals surface area contributed by atoms with Crippen molar-refractivity contribution < 1.29 is 14.0 Å². The SMILES string of the molecule is Cc1ccc2c(c1)[C@@H](c1ccc(F)cc1)N(C(=O)c1ccc(C)c(C)c1)CC(=O)N2. The number of benzene rings is 3. The highest BCUT2D eigenvalue weighted by Crippen LogP contribution is 2.37. The average Bonchev–Trinajstić information content (AvgIpc) is 2.86. The van der Waals surface area contributed by atoms with Gasteiger partial charge in [0.1, 0.15) is 12.4 Å². The Balaban J connectivity index is 1.89. The zero-order valence-electron chi connectivity index (χ0n) is 17.2. The quantitative estimate of drug-likeness (QED) is 0.660. The lowest BCUT2D eigenvalue weighted by molar-refractivity contribution is -0.117. The van der Waals surface area contributed by atoms with Crippen molar-refractivity contribution >= 4 is 17.5 Å². The van der Waals surface area contributed by atoms with Crippen molar-refractivity contribution in [2.45, 2.75) is 26.8 Å². The number of amides is 2. The lowest BCUT2D eigenvalue weighted by Crippen LogP contribution is -2.39. The summed E-state index contributed by atoms with van der Waals surface area (Å²) in [6, 6.07) is 16.9. The van der Waals surface area contributed by atoms with Crippen LogP contribution in [0.4, 0.5) is 10.1 Å². The Morgan fingerprint density at radius 1 is 0.967 bits per heavy atom. The minimum atomic E-state index is -0.520. The van der Waals surface area contributed by atoms with Gasteiger partial charge in [-0.3, -0.25) is 9.59 Å². The van der Waals surface area contributed by atoms with E-state index in [9.17, 15) is 14.0 Å². The maximum absolute atomic E-state index is 13.6. The predicted octanol–water partition coefficient (Wildman–Crippen LogP) is 4.93. The largest absolute Gasteiger partial charge is 0.324 e. The van der Waals surface area contributed by atoms with Gasteiger partial charge in [0.05, 0.1) is 6.04 Å². The van der Waals surface area contributed by atoms with E-state index in [1.54, 1.807) is 23.1 Å². The van der Waals surface area contributed by atoms with Crippen LogP contribution in [0.2, 0.25) is 0 Å². The fourth-order valence-electron chi connectivity index (χ4n) is 3.86. The molecule has 1 aliphatic heterocycles. The molecule has 4 nitrogen and oxygen atoms in total. The molecule has 1 atom stereocenters. The van der Waals surface area contributed by atoms with Crippen LogP contribution in [0, 0.1) is 26.6 Å². The zero-order chi connectivity index (χ0) is 21.4. The van der Waals surface area contributed by atoms with E-state index in [0.29, 0.717) is 11.3 Å². The Morgan fingerprint density at radius 2 is 1.70 bits per heavy atom. The van der Waals surface area contributed by atoms with Crippen LogP contribution in [0.3, 0.4) is 0 Å². The molecular weight excluding hydrogens is 379 g/mol. The van der Waals surface area contributed by atoms with E-state index in [2.05, 4.69) is 5.32 Å². The van der Waals surface area contributed by atoms with E-state index in [-0.39, 0.29) is 24.2 Å². The molecule has 1 N–H and O–H groups in total. The third-order valence-corrected chi connectivity index (χ3v) is 5.60. The molecule has 0 saturated carbocycles. The standard InChI is InChI=1S/C25H23FN2O2/c1-15-4-11-22-21(12-15)24(18-7-9-20(26)10-8-18)28(14-23(29)27-22)25(30)19-6-5-16(2)17(3)13-19/h4-13,24H,14H2,1-3H3,(H,27,29)/t24-/m1/s1. The lowest BCUT2D eigenvalue weighted by Gasteiger charge is -2.31. The molecule has 1 aliphatic rings. The molecule has 3 aromatic rings. The van der Waals surface area contributed by atoms with Crippen molar-refractivity contribution in [2.75, 3.05) is 11.9 Å². The summed E-state index contributed by atoms with van der Waals surface area (Å²) >= 11 is 0. The molecule has 4 rings (SSSR count). The first-order chi connectivity index (χ1) is 14.3. The van der Waals surface area contributed by atoms with E-state index in [1.165, 1.54) is 12.1 Å². The van der Waals surface area contributed by atoms with Gasteiger partial charge in [0, 0.05) is 16.8 Å². The van der Waals surface area contributed by atoms with Crippen molar-refractivity contribution in [1.29, 1.82) is 0 Å². The summed E-state index contributed by atoms with van der Waals surface area (Å²) in [5, 5.41) is 2.91. The van der Waals surface area contributed by atoms with Crippen molar-refractivity contribution in [3.05, 3.63) is 99.9 Å². The van der Waals surface area contributed by atoms with E-state index >= 15 is 0 Å². The number of nitrogens with one attached hydrogen (secondary N) is 1. The smallest absolute Gasteiger partial charge is 0.255 e. The molecule has 2 amide bonds. The van der Waals surface area contributed by atoms with Crippen molar-refractivity contribution in [2.24, 2.45) is 0 Å². The minimum absolute atomic E-state index is 0.0957. The summed E-state index contributed by atoms with van der Waals surface area (Å²) in [5.41, 5.74) is 5.85. The third-order valence-electron chi connectivity index (χ3n) is 5.60. The van der Waals surface area contributed by atoms with Crippen LogP contribution in [-0.2, 0) is 4.79 Å². The number of nitrogens with zero attached hydrogens (tertiary/aromatic N) is 1.